The number of ether oxygens (including phenoxy) is 1. The van der Waals surface area contributed by atoms with Crippen molar-refractivity contribution >= 4 is 39.2 Å². The molecule has 132 valence electrons. The molecule has 1 amide bonds. The molecule has 1 aliphatic carbocycles. The molecule has 0 saturated heterocycles. The zero-order valence-electron chi connectivity index (χ0n) is 14.4. The summed E-state index contributed by atoms with van der Waals surface area (Å²) in [5.74, 6) is 0.380. The van der Waals surface area contributed by atoms with Crippen LogP contribution in [0.15, 0.2) is 16.6 Å². The lowest BCUT2D eigenvalue weighted by Crippen LogP contribution is -2.27. The zero-order chi connectivity index (χ0) is 17.7. The Balaban J connectivity index is 2.16. The van der Waals surface area contributed by atoms with E-state index in [1.165, 1.54) is 13.5 Å². The number of amides is 1. The highest BCUT2D eigenvalue weighted by molar-refractivity contribution is 9.10. The van der Waals surface area contributed by atoms with Crippen LogP contribution in [0.3, 0.4) is 0 Å². The number of hydrogen-bond donors (Lipinski definition) is 2. The second-order valence-corrected chi connectivity index (χ2v) is 7.09. The summed E-state index contributed by atoms with van der Waals surface area (Å²) in [6, 6.07) is 3.42. The van der Waals surface area contributed by atoms with Crippen molar-refractivity contribution in [1.29, 1.82) is 0 Å². The van der Waals surface area contributed by atoms with Crippen molar-refractivity contribution in [2.24, 2.45) is 11.8 Å². The van der Waals surface area contributed by atoms with E-state index in [0.29, 0.717) is 15.7 Å². The highest BCUT2D eigenvalue weighted by atomic mass is 79.9. The van der Waals surface area contributed by atoms with Crippen LogP contribution in [0.25, 0.3) is 0 Å². The van der Waals surface area contributed by atoms with Gasteiger partial charge in [0.1, 0.15) is 0 Å². The summed E-state index contributed by atoms with van der Waals surface area (Å²) in [7, 11) is 3.12. The van der Waals surface area contributed by atoms with Gasteiger partial charge in [0, 0.05) is 17.4 Å². The van der Waals surface area contributed by atoms with E-state index in [2.05, 4.69) is 33.5 Å². The van der Waals surface area contributed by atoms with Gasteiger partial charge in [-0.15, -0.1) is 0 Å². The summed E-state index contributed by atoms with van der Waals surface area (Å²) in [6.45, 7) is 2.21. The predicted octanol–water partition coefficient (Wildman–Crippen LogP) is 4.43. The Hall–Kier alpha value is -1.56. The number of rotatable bonds is 5. The third-order valence-corrected chi connectivity index (χ3v) is 5.49. The molecule has 1 aliphatic rings. The van der Waals surface area contributed by atoms with Crippen molar-refractivity contribution in [3.05, 3.63) is 22.2 Å². The maximum atomic E-state index is 12.6. The van der Waals surface area contributed by atoms with E-state index in [1.807, 2.05) is 0 Å². The number of anilines is 2. The Bertz CT molecular complexity index is 611. The summed E-state index contributed by atoms with van der Waals surface area (Å²) < 4.78 is 5.41. The van der Waals surface area contributed by atoms with E-state index in [1.54, 1.807) is 19.2 Å². The average molecular weight is 397 g/mol. The van der Waals surface area contributed by atoms with Gasteiger partial charge in [0.05, 0.1) is 24.0 Å². The van der Waals surface area contributed by atoms with E-state index >= 15 is 0 Å². The largest absolute Gasteiger partial charge is 0.465 e. The minimum absolute atomic E-state index is 0.0270. The van der Waals surface area contributed by atoms with Crippen molar-refractivity contribution in [3.8, 4) is 0 Å². The van der Waals surface area contributed by atoms with E-state index < -0.39 is 5.97 Å². The van der Waals surface area contributed by atoms with Gasteiger partial charge in [0.25, 0.3) is 0 Å². The van der Waals surface area contributed by atoms with Crippen molar-refractivity contribution in [1.82, 2.24) is 0 Å². The summed E-state index contributed by atoms with van der Waals surface area (Å²) in [5, 5.41) is 6.03. The number of methoxy groups -OCH3 is 1. The molecule has 24 heavy (non-hydrogen) atoms. The van der Waals surface area contributed by atoms with Gasteiger partial charge in [-0.3, -0.25) is 4.79 Å². The Morgan fingerprint density at radius 2 is 1.88 bits per heavy atom. The molecule has 1 aromatic carbocycles. The molecule has 0 bridgehead atoms. The lowest BCUT2D eigenvalue weighted by atomic mass is 9.80. The SMILES string of the molecule is CC[C@H]1CC[C@H](C(=O)Nc2cc(C(=O)OC)c(Br)cc2NC)CC1. The van der Waals surface area contributed by atoms with Crippen molar-refractivity contribution in [3.63, 3.8) is 0 Å². The highest BCUT2D eigenvalue weighted by Crippen LogP contribution is 2.34. The van der Waals surface area contributed by atoms with Crippen LogP contribution in [-0.2, 0) is 9.53 Å². The number of halogens is 1. The van der Waals surface area contributed by atoms with Crippen molar-refractivity contribution in [2.45, 2.75) is 39.0 Å². The Morgan fingerprint density at radius 1 is 1.21 bits per heavy atom. The highest BCUT2D eigenvalue weighted by Gasteiger charge is 2.26. The van der Waals surface area contributed by atoms with Crippen LogP contribution in [0.4, 0.5) is 11.4 Å². The molecule has 1 aromatic rings. The summed E-state index contributed by atoms with van der Waals surface area (Å²) in [6.07, 6.45) is 5.27. The van der Waals surface area contributed by atoms with E-state index in [0.717, 1.165) is 37.3 Å². The van der Waals surface area contributed by atoms with Gasteiger partial charge in [-0.1, -0.05) is 13.3 Å². The fourth-order valence-corrected chi connectivity index (χ4v) is 3.72. The van der Waals surface area contributed by atoms with Crippen LogP contribution in [-0.4, -0.2) is 26.0 Å². The molecular formula is C18H25BrN2O3. The normalized spacial score (nSPS) is 20.3. The number of esters is 1. The fourth-order valence-electron chi connectivity index (χ4n) is 3.22. The van der Waals surface area contributed by atoms with Crippen LogP contribution >= 0.6 is 15.9 Å². The van der Waals surface area contributed by atoms with Crippen LogP contribution in [0.2, 0.25) is 0 Å². The third kappa shape index (κ3) is 4.29. The van der Waals surface area contributed by atoms with Crippen LogP contribution < -0.4 is 10.6 Å². The standard InChI is InChI=1S/C18H25BrN2O3/c1-4-11-5-7-12(8-6-11)17(22)21-16-9-13(18(23)24-3)14(19)10-15(16)20-2/h9-12,20H,4-8H2,1-3H3,(H,21,22)/t11-,12-. The Kier molecular flexibility index (Phi) is 6.66. The van der Waals surface area contributed by atoms with Gasteiger partial charge >= 0.3 is 5.97 Å². The summed E-state index contributed by atoms with van der Waals surface area (Å²) >= 11 is 3.37. The Morgan fingerprint density at radius 3 is 2.42 bits per heavy atom. The second-order valence-electron chi connectivity index (χ2n) is 6.23. The maximum Gasteiger partial charge on any atom is 0.339 e. The molecule has 0 radical (unpaired) electrons. The minimum atomic E-state index is -0.441. The number of carbonyl (C=O) groups excluding carboxylic acids is 2. The molecule has 0 unspecified atom stereocenters. The van der Waals surface area contributed by atoms with E-state index in [9.17, 15) is 9.59 Å². The minimum Gasteiger partial charge on any atom is -0.465 e. The summed E-state index contributed by atoms with van der Waals surface area (Å²) in [5.41, 5.74) is 1.75. The van der Waals surface area contributed by atoms with E-state index in [4.69, 9.17) is 4.74 Å². The molecule has 0 atom stereocenters. The first-order valence-corrected chi connectivity index (χ1v) is 9.19. The lowest BCUT2D eigenvalue weighted by Gasteiger charge is -2.27. The molecule has 5 nitrogen and oxygen atoms in total. The third-order valence-electron chi connectivity index (χ3n) is 4.83. The molecule has 2 N–H and O–H groups in total. The fraction of sp³-hybridized carbons (Fsp3) is 0.556. The number of hydrogen-bond acceptors (Lipinski definition) is 4. The van der Waals surface area contributed by atoms with Crippen LogP contribution in [0.1, 0.15) is 49.4 Å². The van der Waals surface area contributed by atoms with Gasteiger partial charge in [0.2, 0.25) is 5.91 Å². The predicted molar refractivity (Wildman–Crippen MR) is 99.4 cm³/mol. The van der Waals surface area contributed by atoms with Crippen LogP contribution in [0, 0.1) is 11.8 Å². The van der Waals surface area contributed by atoms with Gasteiger partial charge in [-0.25, -0.2) is 4.79 Å². The first kappa shape index (κ1) is 18.8. The number of nitrogens with one attached hydrogen (secondary N) is 2. The summed E-state index contributed by atoms with van der Waals surface area (Å²) in [4.78, 5) is 24.5. The molecule has 0 aliphatic heterocycles. The molecule has 2 rings (SSSR count). The lowest BCUT2D eigenvalue weighted by molar-refractivity contribution is -0.121. The quantitative estimate of drug-likeness (QED) is 0.722. The molecule has 1 saturated carbocycles. The van der Waals surface area contributed by atoms with Gasteiger partial charge in [0.15, 0.2) is 0 Å². The van der Waals surface area contributed by atoms with E-state index in [-0.39, 0.29) is 11.8 Å². The monoisotopic (exact) mass is 396 g/mol. The number of carbonyl (C=O) groups is 2. The number of benzene rings is 1. The molecule has 0 aromatic heterocycles. The molecular weight excluding hydrogens is 372 g/mol. The van der Waals surface area contributed by atoms with Crippen molar-refractivity contribution < 1.29 is 14.3 Å². The second kappa shape index (κ2) is 8.51. The first-order chi connectivity index (χ1) is 11.5. The molecule has 0 spiro atoms. The first-order valence-electron chi connectivity index (χ1n) is 8.40. The molecule has 0 heterocycles. The maximum absolute atomic E-state index is 12.6. The van der Waals surface area contributed by atoms with Gasteiger partial charge in [-0.2, -0.15) is 0 Å². The molecule has 1 fully saturated rings. The Labute approximate surface area is 151 Å². The smallest absolute Gasteiger partial charge is 0.339 e. The van der Waals surface area contributed by atoms with Gasteiger partial charge in [-0.05, 0) is 59.7 Å². The van der Waals surface area contributed by atoms with Crippen molar-refractivity contribution in [2.75, 3.05) is 24.8 Å². The zero-order valence-corrected chi connectivity index (χ0v) is 16.0. The van der Waals surface area contributed by atoms with Gasteiger partial charge < -0.3 is 15.4 Å². The topological polar surface area (TPSA) is 67.4 Å². The average Bonchev–Trinajstić information content (AvgIpc) is 2.62. The van der Waals surface area contributed by atoms with Crippen LogP contribution in [0.5, 0.6) is 0 Å². The molecule has 6 heteroatoms.